The highest BCUT2D eigenvalue weighted by molar-refractivity contribution is 7.22. The van der Waals surface area contributed by atoms with E-state index in [1.165, 1.54) is 0 Å². The van der Waals surface area contributed by atoms with E-state index in [0.29, 0.717) is 12.2 Å². The molecule has 0 aliphatic carbocycles. The van der Waals surface area contributed by atoms with Crippen molar-refractivity contribution in [3.8, 4) is 0 Å². The third kappa shape index (κ3) is 3.72. The van der Waals surface area contributed by atoms with Crippen LogP contribution in [0.5, 0.6) is 0 Å². The molecular weight excluding hydrogens is 334 g/mol. The Hall–Kier alpha value is -2.25. The van der Waals surface area contributed by atoms with E-state index >= 15 is 0 Å². The minimum atomic E-state index is -0.0637. The lowest BCUT2D eigenvalue weighted by Gasteiger charge is -2.24. The summed E-state index contributed by atoms with van der Waals surface area (Å²) in [6, 6.07) is 9.72. The first-order valence-electron chi connectivity index (χ1n) is 8.51. The van der Waals surface area contributed by atoms with Gasteiger partial charge in [0.15, 0.2) is 5.13 Å². The molecule has 0 N–H and O–H groups in total. The summed E-state index contributed by atoms with van der Waals surface area (Å²) in [6.07, 6.45) is 1.65. The summed E-state index contributed by atoms with van der Waals surface area (Å²) < 4.78 is 2.70. The predicted molar refractivity (Wildman–Crippen MR) is 102 cm³/mol. The van der Waals surface area contributed by atoms with Crippen LogP contribution in [0.4, 0.5) is 5.13 Å². The average molecular weight is 357 g/mol. The van der Waals surface area contributed by atoms with E-state index in [9.17, 15) is 4.79 Å². The minimum absolute atomic E-state index is 0.0637. The van der Waals surface area contributed by atoms with Gasteiger partial charge in [-0.25, -0.2) is 4.98 Å². The molecule has 0 atom stereocenters. The number of amides is 1. The molecule has 0 saturated heterocycles. The summed E-state index contributed by atoms with van der Waals surface area (Å²) in [6.45, 7) is 7.61. The highest BCUT2D eigenvalue weighted by Crippen LogP contribution is 2.29. The summed E-state index contributed by atoms with van der Waals surface area (Å²) >= 11 is 1.55. The Morgan fingerprint density at radius 3 is 2.56 bits per heavy atom. The first-order valence-corrected chi connectivity index (χ1v) is 9.33. The molecule has 0 fully saturated rings. The van der Waals surface area contributed by atoms with Gasteiger partial charge in [-0.2, -0.15) is 5.10 Å². The van der Waals surface area contributed by atoms with Crippen LogP contribution in [0.3, 0.4) is 0 Å². The van der Waals surface area contributed by atoms with Crippen LogP contribution in [0.1, 0.15) is 24.3 Å². The zero-order valence-electron chi connectivity index (χ0n) is 14.8. The lowest BCUT2D eigenvalue weighted by Crippen LogP contribution is -2.39. The second-order valence-corrected chi connectivity index (χ2v) is 6.80. The number of fused-ring (bicyclic) bond motifs is 1. The monoisotopic (exact) mass is 357 g/mol. The second kappa shape index (κ2) is 7.76. The number of nitrogens with zero attached hydrogens (tertiary/aromatic N) is 5. The number of carbonyl (C=O) groups is 1. The van der Waals surface area contributed by atoms with Gasteiger partial charge in [-0.05, 0) is 31.3 Å². The standard InChI is InChI=1S/C18H23N5OS/c1-4-22(5-2)12-13-23(17(24)15-10-11-19-21(15)3)18-20-14-8-6-7-9-16(14)25-18/h6-11H,4-5,12-13H2,1-3H3. The van der Waals surface area contributed by atoms with E-state index in [1.54, 1.807) is 40.2 Å². The number of hydrogen-bond acceptors (Lipinski definition) is 5. The minimum Gasteiger partial charge on any atom is -0.302 e. The van der Waals surface area contributed by atoms with Gasteiger partial charge in [0.25, 0.3) is 5.91 Å². The zero-order valence-corrected chi connectivity index (χ0v) is 15.7. The van der Waals surface area contributed by atoms with Crippen LogP contribution in [-0.2, 0) is 7.05 Å². The molecule has 0 unspecified atom stereocenters. The van der Waals surface area contributed by atoms with Crippen molar-refractivity contribution in [3.63, 3.8) is 0 Å². The quantitative estimate of drug-likeness (QED) is 0.652. The van der Waals surface area contributed by atoms with Crippen LogP contribution in [0, 0.1) is 0 Å². The van der Waals surface area contributed by atoms with E-state index in [0.717, 1.165) is 35.0 Å². The molecule has 3 aromatic rings. The number of carbonyl (C=O) groups excluding carboxylic acids is 1. The van der Waals surface area contributed by atoms with E-state index in [4.69, 9.17) is 0 Å². The number of benzene rings is 1. The van der Waals surface area contributed by atoms with Gasteiger partial charge in [0.1, 0.15) is 5.69 Å². The zero-order chi connectivity index (χ0) is 17.8. The van der Waals surface area contributed by atoms with Crippen molar-refractivity contribution in [2.45, 2.75) is 13.8 Å². The van der Waals surface area contributed by atoms with E-state index in [1.807, 2.05) is 24.3 Å². The van der Waals surface area contributed by atoms with Crippen molar-refractivity contribution in [1.82, 2.24) is 19.7 Å². The van der Waals surface area contributed by atoms with Gasteiger partial charge in [0.05, 0.1) is 10.2 Å². The second-order valence-electron chi connectivity index (χ2n) is 5.79. The molecule has 0 aliphatic heterocycles. The number of anilines is 1. The fourth-order valence-electron chi connectivity index (χ4n) is 2.76. The molecule has 3 rings (SSSR count). The highest BCUT2D eigenvalue weighted by atomic mass is 32.1. The molecule has 7 heteroatoms. The van der Waals surface area contributed by atoms with Crippen LogP contribution >= 0.6 is 11.3 Å². The smallest absolute Gasteiger partial charge is 0.278 e. The topological polar surface area (TPSA) is 54.3 Å². The molecule has 132 valence electrons. The third-order valence-electron chi connectivity index (χ3n) is 4.33. The van der Waals surface area contributed by atoms with Gasteiger partial charge in [-0.1, -0.05) is 37.3 Å². The summed E-state index contributed by atoms with van der Waals surface area (Å²) in [4.78, 5) is 21.9. The van der Waals surface area contributed by atoms with Crippen molar-refractivity contribution in [3.05, 3.63) is 42.2 Å². The molecule has 1 aromatic carbocycles. The molecule has 2 aromatic heterocycles. The van der Waals surface area contributed by atoms with E-state index < -0.39 is 0 Å². The molecule has 0 saturated carbocycles. The van der Waals surface area contributed by atoms with Crippen LogP contribution in [0.25, 0.3) is 10.2 Å². The van der Waals surface area contributed by atoms with Gasteiger partial charge >= 0.3 is 0 Å². The Labute approximate surface area is 151 Å². The molecule has 1 amide bonds. The van der Waals surface area contributed by atoms with Crippen molar-refractivity contribution in [1.29, 1.82) is 0 Å². The molecule has 0 aliphatic rings. The van der Waals surface area contributed by atoms with Crippen molar-refractivity contribution >= 4 is 32.6 Å². The average Bonchev–Trinajstić information content (AvgIpc) is 3.24. The maximum absolute atomic E-state index is 13.1. The first kappa shape index (κ1) is 17.6. The van der Waals surface area contributed by atoms with Crippen LogP contribution in [0.15, 0.2) is 36.5 Å². The summed E-state index contributed by atoms with van der Waals surface area (Å²) in [5.74, 6) is -0.0637. The normalized spacial score (nSPS) is 11.4. The largest absolute Gasteiger partial charge is 0.302 e. The maximum atomic E-state index is 13.1. The Morgan fingerprint density at radius 2 is 1.92 bits per heavy atom. The molecule has 0 spiro atoms. The van der Waals surface area contributed by atoms with Gasteiger partial charge < -0.3 is 4.90 Å². The van der Waals surface area contributed by atoms with E-state index in [-0.39, 0.29) is 5.91 Å². The molecular formula is C18H23N5OS. The van der Waals surface area contributed by atoms with Crippen LogP contribution < -0.4 is 4.90 Å². The predicted octanol–water partition coefficient (Wildman–Crippen LogP) is 3.02. The van der Waals surface area contributed by atoms with Gasteiger partial charge in [-0.15, -0.1) is 0 Å². The lowest BCUT2D eigenvalue weighted by molar-refractivity contribution is 0.0974. The van der Waals surface area contributed by atoms with Gasteiger partial charge in [0, 0.05) is 26.3 Å². The molecule has 0 bridgehead atoms. The fraction of sp³-hybridized carbons (Fsp3) is 0.389. The van der Waals surface area contributed by atoms with Gasteiger partial charge in [-0.3, -0.25) is 14.4 Å². The van der Waals surface area contributed by atoms with Crippen LogP contribution in [-0.4, -0.2) is 51.8 Å². The Bertz CT molecular complexity index is 819. The number of hydrogen-bond donors (Lipinski definition) is 0. The number of aromatic nitrogens is 3. The molecule has 25 heavy (non-hydrogen) atoms. The summed E-state index contributed by atoms with van der Waals surface area (Å²) in [5.41, 5.74) is 1.49. The van der Waals surface area contributed by atoms with Crippen LogP contribution in [0.2, 0.25) is 0 Å². The van der Waals surface area contributed by atoms with Crippen molar-refractivity contribution in [2.75, 3.05) is 31.1 Å². The molecule has 0 radical (unpaired) electrons. The Kier molecular flexibility index (Phi) is 5.45. The van der Waals surface area contributed by atoms with E-state index in [2.05, 4.69) is 28.8 Å². The number of para-hydroxylation sites is 1. The number of thiazole rings is 1. The molecule has 6 nitrogen and oxygen atoms in total. The number of rotatable bonds is 7. The molecule has 2 heterocycles. The Morgan fingerprint density at radius 1 is 1.16 bits per heavy atom. The number of aryl methyl sites for hydroxylation is 1. The summed E-state index contributed by atoms with van der Waals surface area (Å²) in [7, 11) is 1.79. The SMILES string of the molecule is CCN(CC)CCN(C(=O)c1ccnn1C)c1nc2ccccc2s1. The highest BCUT2D eigenvalue weighted by Gasteiger charge is 2.23. The Balaban J connectivity index is 1.93. The fourth-order valence-corrected chi connectivity index (χ4v) is 3.75. The maximum Gasteiger partial charge on any atom is 0.278 e. The van der Waals surface area contributed by atoms with Gasteiger partial charge in [0.2, 0.25) is 0 Å². The third-order valence-corrected chi connectivity index (χ3v) is 5.39. The first-order chi connectivity index (χ1) is 12.1. The number of likely N-dealkylation sites (N-methyl/N-ethyl adjacent to an activating group) is 1. The van der Waals surface area contributed by atoms with Crippen molar-refractivity contribution in [2.24, 2.45) is 7.05 Å². The lowest BCUT2D eigenvalue weighted by atomic mass is 10.3. The summed E-state index contributed by atoms with van der Waals surface area (Å²) in [5, 5.41) is 4.86. The van der Waals surface area contributed by atoms with Crippen molar-refractivity contribution < 1.29 is 4.79 Å².